The molecule has 3 fully saturated rings. The maximum absolute atomic E-state index is 6.12. The van der Waals surface area contributed by atoms with Crippen molar-refractivity contribution in [2.75, 3.05) is 24.7 Å². The predicted octanol–water partition coefficient (Wildman–Crippen LogP) is 3.60. The summed E-state index contributed by atoms with van der Waals surface area (Å²) in [6.07, 6.45) is 10.9. The predicted molar refractivity (Wildman–Crippen MR) is 82.8 cm³/mol. The van der Waals surface area contributed by atoms with Crippen molar-refractivity contribution in [2.24, 2.45) is 5.41 Å². The van der Waals surface area contributed by atoms with Crippen molar-refractivity contribution in [3.05, 3.63) is 0 Å². The Morgan fingerprint density at radius 2 is 2.11 bits per heavy atom. The third kappa shape index (κ3) is 3.14. The van der Waals surface area contributed by atoms with Gasteiger partial charge in [0.1, 0.15) is 0 Å². The molecular weight excluding hydrogens is 254 g/mol. The normalized spacial score (nSPS) is 38.1. The van der Waals surface area contributed by atoms with Crippen molar-refractivity contribution >= 4 is 11.8 Å². The van der Waals surface area contributed by atoms with Crippen molar-refractivity contribution in [1.82, 2.24) is 5.32 Å². The van der Waals surface area contributed by atoms with E-state index >= 15 is 0 Å². The third-order valence-corrected chi connectivity index (χ3v) is 6.96. The summed E-state index contributed by atoms with van der Waals surface area (Å²) in [6.45, 7) is 4.60. The highest BCUT2D eigenvalue weighted by Gasteiger charge is 2.41. The zero-order valence-corrected chi connectivity index (χ0v) is 13.2. The lowest BCUT2D eigenvalue weighted by atomic mass is 9.82. The first-order valence-corrected chi connectivity index (χ1v) is 9.37. The minimum Gasteiger partial charge on any atom is -0.374 e. The molecule has 3 heteroatoms. The molecule has 2 atom stereocenters. The average Bonchev–Trinajstić information content (AvgIpc) is 3.07. The van der Waals surface area contributed by atoms with Gasteiger partial charge in [0.05, 0.1) is 5.60 Å². The van der Waals surface area contributed by atoms with Crippen LogP contribution in [0.3, 0.4) is 0 Å². The Kier molecular flexibility index (Phi) is 4.45. The second-order valence-electron chi connectivity index (χ2n) is 6.97. The Morgan fingerprint density at radius 1 is 1.26 bits per heavy atom. The summed E-state index contributed by atoms with van der Waals surface area (Å²) in [6, 6.07) is 0.705. The molecule has 3 rings (SSSR count). The van der Waals surface area contributed by atoms with Crippen LogP contribution in [0.5, 0.6) is 0 Å². The van der Waals surface area contributed by atoms with Gasteiger partial charge in [-0.25, -0.2) is 0 Å². The minimum absolute atomic E-state index is 0.232. The molecule has 1 aliphatic carbocycles. The number of hydrogen-bond acceptors (Lipinski definition) is 3. The second kappa shape index (κ2) is 5.95. The lowest BCUT2D eigenvalue weighted by Gasteiger charge is -2.40. The Morgan fingerprint density at radius 3 is 2.79 bits per heavy atom. The van der Waals surface area contributed by atoms with Gasteiger partial charge in [-0.05, 0) is 49.7 Å². The molecule has 2 nitrogen and oxygen atoms in total. The quantitative estimate of drug-likeness (QED) is 0.852. The van der Waals surface area contributed by atoms with E-state index in [0.29, 0.717) is 11.5 Å². The summed E-state index contributed by atoms with van der Waals surface area (Å²) in [5.41, 5.74) is 0.853. The molecule has 0 radical (unpaired) electrons. The van der Waals surface area contributed by atoms with E-state index in [-0.39, 0.29) is 5.60 Å². The summed E-state index contributed by atoms with van der Waals surface area (Å²) in [5.74, 6) is 2.52. The zero-order chi connectivity index (χ0) is 13.2. The van der Waals surface area contributed by atoms with E-state index in [9.17, 15) is 0 Å². The Labute approximate surface area is 122 Å². The summed E-state index contributed by atoms with van der Waals surface area (Å²) in [7, 11) is 0. The summed E-state index contributed by atoms with van der Waals surface area (Å²) in [5, 5.41) is 3.92. The fraction of sp³-hybridized carbons (Fsp3) is 1.00. The topological polar surface area (TPSA) is 21.3 Å². The number of thioether (sulfide) groups is 1. The second-order valence-corrected chi connectivity index (χ2v) is 8.07. The van der Waals surface area contributed by atoms with Crippen LogP contribution in [-0.4, -0.2) is 36.3 Å². The van der Waals surface area contributed by atoms with Gasteiger partial charge in [-0.3, -0.25) is 0 Å². The van der Waals surface area contributed by atoms with Crippen LogP contribution in [-0.2, 0) is 4.74 Å². The maximum Gasteiger partial charge on any atom is 0.0795 e. The van der Waals surface area contributed by atoms with Gasteiger partial charge in [-0.1, -0.05) is 19.8 Å². The first-order chi connectivity index (χ1) is 9.26. The van der Waals surface area contributed by atoms with Crippen molar-refractivity contribution in [2.45, 2.75) is 69.9 Å². The van der Waals surface area contributed by atoms with Gasteiger partial charge in [0.2, 0.25) is 0 Å². The first kappa shape index (κ1) is 14.2. The molecule has 2 unspecified atom stereocenters. The van der Waals surface area contributed by atoms with E-state index in [1.54, 1.807) is 0 Å². The van der Waals surface area contributed by atoms with Crippen LogP contribution >= 0.6 is 11.8 Å². The molecule has 2 heterocycles. The molecule has 0 aromatic heterocycles. The monoisotopic (exact) mass is 283 g/mol. The van der Waals surface area contributed by atoms with Crippen LogP contribution < -0.4 is 5.32 Å². The highest BCUT2D eigenvalue weighted by molar-refractivity contribution is 7.99. The van der Waals surface area contributed by atoms with Gasteiger partial charge in [-0.2, -0.15) is 11.8 Å². The van der Waals surface area contributed by atoms with E-state index in [2.05, 4.69) is 24.0 Å². The Hall–Kier alpha value is 0.270. The van der Waals surface area contributed by atoms with E-state index in [0.717, 1.165) is 6.61 Å². The smallest absolute Gasteiger partial charge is 0.0795 e. The molecule has 0 amide bonds. The number of hydrogen-bond donors (Lipinski definition) is 1. The van der Waals surface area contributed by atoms with E-state index in [1.807, 2.05) is 0 Å². The molecule has 19 heavy (non-hydrogen) atoms. The van der Waals surface area contributed by atoms with Crippen molar-refractivity contribution < 1.29 is 4.74 Å². The molecule has 2 aliphatic heterocycles. The van der Waals surface area contributed by atoms with Crippen LogP contribution in [0.25, 0.3) is 0 Å². The van der Waals surface area contributed by atoms with Crippen LogP contribution in [0.2, 0.25) is 0 Å². The van der Waals surface area contributed by atoms with Gasteiger partial charge in [0, 0.05) is 24.9 Å². The molecule has 1 spiro atoms. The van der Waals surface area contributed by atoms with E-state index in [1.165, 1.54) is 69.4 Å². The summed E-state index contributed by atoms with van der Waals surface area (Å²) >= 11 is 2.08. The molecular formula is C16H29NOS. The molecule has 110 valence electrons. The Balaban J connectivity index is 1.52. The molecule has 0 bridgehead atoms. The molecule has 1 N–H and O–H groups in total. The molecule has 3 aliphatic rings. The van der Waals surface area contributed by atoms with E-state index in [4.69, 9.17) is 4.74 Å². The van der Waals surface area contributed by atoms with Crippen LogP contribution in [0.4, 0.5) is 0 Å². The molecule has 2 saturated heterocycles. The fourth-order valence-corrected chi connectivity index (χ4v) is 5.58. The molecule has 0 aromatic rings. The maximum atomic E-state index is 6.12. The minimum atomic E-state index is 0.232. The molecule has 1 saturated carbocycles. The third-order valence-electron chi connectivity index (χ3n) is 5.74. The number of rotatable bonds is 4. The summed E-state index contributed by atoms with van der Waals surface area (Å²) in [4.78, 5) is 0. The van der Waals surface area contributed by atoms with Crippen LogP contribution in [0, 0.1) is 5.41 Å². The molecule has 0 aromatic carbocycles. The fourth-order valence-electron chi connectivity index (χ4n) is 4.21. The SMILES string of the molecule is CCC1(CNC2CCOC3(CCSC3)C2)CCCC1. The number of nitrogens with one attached hydrogen (secondary N) is 1. The highest BCUT2D eigenvalue weighted by Crippen LogP contribution is 2.41. The van der Waals surface area contributed by atoms with Crippen molar-refractivity contribution in [3.63, 3.8) is 0 Å². The lowest BCUT2D eigenvalue weighted by Crippen LogP contribution is -2.49. The first-order valence-electron chi connectivity index (χ1n) is 8.21. The Bertz CT molecular complexity index is 295. The zero-order valence-electron chi connectivity index (χ0n) is 12.4. The van der Waals surface area contributed by atoms with Gasteiger partial charge >= 0.3 is 0 Å². The summed E-state index contributed by atoms with van der Waals surface area (Å²) < 4.78 is 6.12. The van der Waals surface area contributed by atoms with Crippen LogP contribution in [0.15, 0.2) is 0 Å². The van der Waals surface area contributed by atoms with Gasteiger partial charge in [0.25, 0.3) is 0 Å². The van der Waals surface area contributed by atoms with Gasteiger partial charge < -0.3 is 10.1 Å². The van der Waals surface area contributed by atoms with Gasteiger partial charge in [-0.15, -0.1) is 0 Å². The van der Waals surface area contributed by atoms with Gasteiger partial charge in [0.15, 0.2) is 0 Å². The van der Waals surface area contributed by atoms with Crippen molar-refractivity contribution in [1.29, 1.82) is 0 Å². The van der Waals surface area contributed by atoms with E-state index < -0.39 is 0 Å². The average molecular weight is 283 g/mol. The number of ether oxygens (including phenoxy) is 1. The largest absolute Gasteiger partial charge is 0.374 e. The highest BCUT2D eigenvalue weighted by atomic mass is 32.2. The standard InChI is InChI=1S/C16H29NOS/c1-2-15(6-3-4-7-15)12-17-14-5-9-18-16(11-14)8-10-19-13-16/h14,17H,2-13H2,1H3. The van der Waals surface area contributed by atoms with Crippen molar-refractivity contribution in [3.8, 4) is 0 Å². The van der Waals surface area contributed by atoms with Crippen LogP contribution in [0.1, 0.15) is 58.3 Å². The lowest BCUT2D eigenvalue weighted by molar-refractivity contribution is -0.0711.